The normalized spacial score (nSPS) is 12.1. The van der Waals surface area contributed by atoms with Crippen molar-refractivity contribution >= 4 is 39.9 Å². The fraction of sp³-hybridized carbons (Fsp3) is 0.105. The number of nitrogens with one attached hydrogen (secondary N) is 1. The van der Waals surface area contributed by atoms with Crippen molar-refractivity contribution in [2.24, 2.45) is 0 Å². The summed E-state index contributed by atoms with van der Waals surface area (Å²) in [4.78, 5) is 12.5. The molecule has 1 N–H and O–H groups in total. The zero-order valence-corrected chi connectivity index (χ0v) is 14.0. The molecule has 0 saturated carbocycles. The predicted molar refractivity (Wildman–Crippen MR) is 96.3 cm³/mol. The molecule has 3 aromatic carbocycles. The van der Waals surface area contributed by atoms with Gasteiger partial charge in [0.15, 0.2) is 0 Å². The highest BCUT2D eigenvalue weighted by Crippen LogP contribution is 2.25. The molecule has 0 radical (unpaired) electrons. The van der Waals surface area contributed by atoms with Gasteiger partial charge in [0.25, 0.3) is 5.91 Å². The number of halogens is 2. The lowest BCUT2D eigenvalue weighted by Gasteiger charge is -2.17. The van der Waals surface area contributed by atoms with Crippen LogP contribution < -0.4 is 5.32 Å². The summed E-state index contributed by atoms with van der Waals surface area (Å²) < 4.78 is 0. The summed E-state index contributed by atoms with van der Waals surface area (Å²) >= 11 is 12.0. The van der Waals surface area contributed by atoms with Gasteiger partial charge in [0.1, 0.15) is 0 Å². The lowest BCUT2D eigenvalue weighted by Crippen LogP contribution is -2.27. The molecule has 3 rings (SSSR count). The van der Waals surface area contributed by atoms with Gasteiger partial charge in [-0.15, -0.1) is 0 Å². The molecule has 0 aliphatic heterocycles. The minimum absolute atomic E-state index is 0.139. The van der Waals surface area contributed by atoms with Crippen LogP contribution in [0, 0.1) is 0 Å². The lowest BCUT2D eigenvalue weighted by molar-refractivity contribution is 0.0940. The molecule has 1 amide bonds. The Labute approximate surface area is 145 Å². The summed E-state index contributed by atoms with van der Waals surface area (Å²) in [5, 5.41) is 6.13. The van der Waals surface area contributed by atoms with Crippen molar-refractivity contribution in [1.29, 1.82) is 0 Å². The first kappa shape index (κ1) is 15.9. The van der Waals surface area contributed by atoms with Crippen LogP contribution in [0.3, 0.4) is 0 Å². The van der Waals surface area contributed by atoms with Crippen LogP contribution in [-0.4, -0.2) is 5.91 Å². The van der Waals surface area contributed by atoms with Crippen molar-refractivity contribution in [2.45, 2.75) is 13.0 Å². The van der Waals surface area contributed by atoms with Gasteiger partial charge in [-0.1, -0.05) is 65.7 Å². The summed E-state index contributed by atoms with van der Waals surface area (Å²) in [6.07, 6.45) is 0. The smallest absolute Gasteiger partial charge is 0.253 e. The maximum atomic E-state index is 12.5. The second-order valence-corrected chi connectivity index (χ2v) is 6.23. The van der Waals surface area contributed by atoms with E-state index in [0.717, 1.165) is 16.3 Å². The molecule has 0 saturated heterocycles. The number of hydrogen-bond acceptors (Lipinski definition) is 1. The molecule has 0 aromatic heterocycles. The Kier molecular flexibility index (Phi) is 4.56. The first-order valence-corrected chi connectivity index (χ1v) is 8.05. The summed E-state index contributed by atoms with van der Waals surface area (Å²) in [6, 6.07) is 18.9. The van der Waals surface area contributed by atoms with Crippen LogP contribution in [0.25, 0.3) is 10.8 Å². The molecule has 2 nitrogen and oxygen atoms in total. The van der Waals surface area contributed by atoms with E-state index in [0.29, 0.717) is 15.6 Å². The van der Waals surface area contributed by atoms with E-state index in [1.165, 1.54) is 0 Å². The molecule has 1 atom stereocenters. The van der Waals surface area contributed by atoms with E-state index < -0.39 is 0 Å². The van der Waals surface area contributed by atoms with Crippen LogP contribution in [0.5, 0.6) is 0 Å². The molecular weight excluding hydrogens is 329 g/mol. The van der Waals surface area contributed by atoms with Gasteiger partial charge in [-0.05, 0) is 41.5 Å². The van der Waals surface area contributed by atoms with Gasteiger partial charge >= 0.3 is 0 Å². The number of carbonyl (C=O) groups excluding carboxylic acids is 1. The van der Waals surface area contributed by atoms with Gasteiger partial charge in [0, 0.05) is 5.02 Å². The molecule has 4 heteroatoms. The molecule has 0 aliphatic carbocycles. The topological polar surface area (TPSA) is 29.1 Å². The van der Waals surface area contributed by atoms with Crippen LogP contribution >= 0.6 is 23.2 Å². The highest BCUT2D eigenvalue weighted by molar-refractivity contribution is 6.36. The summed E-state index contributed by atoms with van der Waals surface area (Å²) in [6.45, 7) is 1.96. The van der Waals surface area contributed by atoms with Crippen molar-refractivity contribution in [3.8, 4) is 0 Å². The number of carbonyl (C=O) groups is 1. The minimum atomic E-state index is -0.216. The van der Waals surface area contributed by atoms with Crippen molar-refractivity contribution in [3.05, 3.63) is 81.8 Å². The van der Waals surface area contributed by atoms with Crippen molar-refractivity contribution < 1.29 is 4.79 Å². The predicted octanol–water partition coefficient (Wildman–Crippen LogP) is 5.64. The molecule has 0 heterocycles. The Morgan fingerprint density at radius 3 is 2.52 bits per heavy atom. The molecule has 3 aromatic rings. The van der Waals surface area contributed by atoms with Gasteiger partial charge in [-0.3, -0.25) is 4.79 Å². The third-order valence-corrected chi connectivity index (χ3v) is 4.36. The highest BCUT2D eigenvalue weighted by atomic mass is 35.5. The van der Waals surface area contributed by atoms with E-state index in [1.807, 2.05) is 31.2 Å². The van der Waals surface area contributed by atoms with E-state index in [2.05, 4.69) is 23.5 Å². The third-order valence-electron chi connectivity index (χ3n) is 3.81. The van der Waals surface area contributed by atoms with E-state index >= 15 is 0 Å². The fourth-order valence-electron chi connectivity index (χ4n) is 2.65. The second-order valence-electron chi connectivity index (χ2n) is 5.39. The van der Waals surface area contributed by atoms with E-state index in [1.54, 1.807) is 18.2 Å². The van der Waals surface area contributed by atoms with E-state index in [9.17, 15) is 4.79 Å². The molecule has 0 spiro atoms. The fourth-order valence-corrected chi connectivity index (χ4v) is 3.15. The average molecular weight is 344 g/mol. The summed E-state index contributed by atoms with van der Waals surface area (Å²) in [7, 11) is 0. The molecule has 0 unspecified atom stereocenters. The summed E-state index contributed by atoms with van der Waals surface area (Å²) in [5.41, 5.74) is 1.49. The second kappa shape index (κ2) is 6.61. The Hall–Kier alpha value is -2.03. The number of fused-ring (bicyclic) bond motifs is 1. The third kappa shape index (κ3) is 3.34. The standard InChI is InChI=1S/C19H15Cl2NO/c1-12(15-8-4-6-13-5-2-3-7-16(13)15)22-19(23)17-10-9-14(20)11-18(17)21/h2-12H,1H3,(H,22,23)/t12-/m0/s1. The highest BCUT2D eigenvalue weighted by Gasteiger charge is 2.15. The van der Waals surface area contributed by atoms with Crippen LogP contribution in [0.1, 0.15) is 28.9 Å². The zero-order chi connectivity index (χ0) is 16.4. The molecule has 0 fully saturated rings. The Morgan fingerprint density at radius 1 is 1.00 bits per heavy atom. The largest absolute Gasteiger partial charge is 0.345 e. The lowest BCUT2D eigenvalue weighted by atomic mass is 9.99. The Bertz CT molecular complexity index is 871. The van der Waals surface area contributed by atoms with Crippen LogP contribution in [0.2, 0.25) is 10.0 Å². The quantitative estimate of drug-likeness (QED) is 0.655. The maximum Gasteiger partial charge on any atom is 0.253 e. The first-order chi connectivity index (χ1) is 11.1. The van der Waals surface area contributed by atoms with E-state index in [-0.39, 0.29) is 11.9 Å². The van der Waals surface area contributed by atoms with Gasteiger partial charge in [0.05, 0.1) is 16.6 Å². The number of hydrogen-bond donors (Lipinski definition) is 1. The molecule has 23 heavy (non-hydrogen) atoms. The van der Waals surface area contributed by atoms with Crippen molar-refractivity contribution in [1.82, 2.24) is 5.32 Å². The van der Waals surface area contributed by atoms with Crippen molar-refractivity contribution in [3.63, 3.8) is 0 Å². The number of amides is 1. The molecular formula is C19H15Cl2NO. The van der Waals surface area contributed by atoms with Gasteiger partial charge in [0.2, 0.25) is 0 Å². The first-order valence-electron chi connectivity index (χ1n) is 7.30. The average Bonchev–Trinajstić information content (AvgIpc) is 2.54. The minimum Gasteiger partial charge on any atom is -0.345 e. The van der Waals surface area contributed by atoms with Gasteiger partial charge < -0.3 is 5.32 Å². The molecule has 0 bridgehead atoms. The number of rotatable bonds is 3. The Morgan fingerprint density at radius 2 is 1.74 bits per heavy atom. The van der Waals surface area contributed by atoms with Crippen LogP contribution in [-0.2, 0) is 0 Å². The van der Waals surface area contributed by atoms with Gasteiger partial charge in [-0.25, -0.2) is 0 Å². The van der Waals surface area contributed by atoms with Crippen LogP contribution in [0.15, 0.2) is 60.7 Å². The van der Waals surface area contributed by atoms with Gasteiger partial charge in [-0.2, -0.15) is 0 Å². The van der Waals surface area contributed by atoms with Crippen molar-refractivity contribution in [2.75, 3.05) is 0 Å². The van der Waals surface area contributed by atoms with E-state index in [4.69, 9.17) is 23.2 Å². The van der Waals surface area contributed by atoms with Crippen LogP contribution in [0.4, 0.5) is 0 Å². The Balaban J connectivity index is 1.88. The SMILES string of the molecule is C[C@H](NC(=O)c1ccc(Cl)cc1Cl)c1cccc2ccccc12. The monoisotopic (exact) mass is 343 g/mol. The molecule has 0 aliphatic rings. The summed E-state index contributed by atoms with van der Waals surface area (Å²) in [5.74, 6) is -0.216. The zero-order valence-electron chi connectivity index (χ0n) is 12.5. The molecule has 116 valence electrons. The maximum absolute atomic E-state index is 12.5. The number of benzene rings is 3.